The average Bonchev–Trinajstić information content (AvgIpc) is 2.45. The van der Waals surface area contributed by atoms with Crippen LogP contribution in [0, 0.1) is 5.92 Å². The van der Waals surface area contributed by atoms with E-state index in [4.69, 9.17) is 0 Å². The van der Waals surface area contributed by atoms with Gasteiger partial charge in [0.1, 0.15) is 5.69 Å². The van der Waals surface area contributed by atoms with E-state index < -0.39 is 0 Å². The molecule has 1 heterocycles. The lowest BCUT2D eigenvalue weighted by Gasteiger charge is -2.23. The molecule has 0 aliphatic heterocycles. The molecule has 1 N–H and O–H groups in total. The van der Waals surface area contributed by atoms with Gasteiger partial charge in [0, 0.05) is 0 Å². The van der Waals surface area contributed by atoms with Gasteiger partial charge in [-0.05, 0) is 39.5 Å². The fourth-order valence-electron chi connectivity index (χ4n) is 2.03. The molecule has 0 saturated carbocycles. The largest absolute Gasteiger partial charge is 0.504 e. The van der Waals surface area contributed by atoms with Gasteiger partial charge >= 0.3 is 0 Å². The Morgan fingerprint density at radius 3 is 2.29 bits per heavy atom. The second-order valence-electron chi connectivity index (χ2n) is 6.17. The van der Waals surface area contributed by atoms with Gasteiger partial charge in [0.05, 0.1) is 11.2 Å². The van der Waals surface area contributed by atoms with Gasteiger partial charge in [-0.1, -0.05) is 27.2 Å². The molecule has 0 atom stereocenters. The second kappa shape index (κ2) is 5.11. The highest BCUT2D eigenvalue weighted by molar-refractivity contribution is 5.33. The summed E-state index contributed by atoms with van der Waals surface area (Å²) in [4.78, 5) is 0. The van der Waals surface area contributed by atoms with Crippen LogP contribution < -0.4 is 0 Å². The number of aryl methyl sites for hydroxylation is 1. The Morgan fingerprint density at radius 2 is 1.88 bits per heavy atom. The highest BCUT2D eigenvalue weighted by Crippen LogP contribution is 2.30. The lowest BCUT2D eigenvalue weighted by molar-refractivity contribution is 0.332. The van der Waals surface area contributed by atoms with Crippen LogP contribution in [0.2, 0.25) is 0 Å². The summed E-state index contributed by atoms with van der Waals surface area (Å²) in [7, 11) is 0. The lowest BCUT2D eigenvalue weighted by atomic mass is 10.0. The molecule has 0 saturated heterocycles. The molecular formula is C14H26N2O. The summed E-state index contributed by atoms with van der Waals surface area (Å²) in [6, 6.07) is 0. The summed E-state index contributed by atoms with van der Waals surface area (Å²) in [5.41, 5.74) is 1.75. The molecule has 0 bridgehead atoms. The summed E-state index contributed by atoms with van der Waals surface area (Å²) in [5, 5.41) is 14.9. The predicted octanol–water partition coefficient (Wildman–Crippen LogP) is 3.49. The molecule has 0 aliphatic carbocycles. The van der Waals surface area contributed by atoms with E-state index in [1.54, 1.807) is 0 Å². The first-order valence-corrected chi connectivity index (χ1v) is 6.57. The first-order valence-electron chi connectivity index (χ1n) is 6.57. The van der Waals surface area contributed by atoms with Crippen molar-refractivity contribution in [2.45, 2.75) is 66.3 Å². The van der Waals surface area contributed by atoms with Crippen molar-refractivity contribution in [3.8, 4) is 5.75 Å². The molecule has 0 fully saturated rings. The predicted molar refractivity (Wildman–Crippen MR) is 71.4 cm³/mol. The fourth-order valence-corrected chi connectivity index (χ4v) is 2.03. The number of hydrogen-bond acceptors (Lipinski definition) is 2. The van der Waals surface area contributed by atoms with E-state index in [1.807, 2.05) is 4.68 Å². The number of aromatic hydroxyl groups is 1. The van der Waals surface area contributed by atoms with E-state index in [-0.39, 0.29) is 5.54 Å². The minimum Gasteiger partial charge on any atom is -0.504 e. The normalized spacial score (nSPS) is 12.4. The van der Waals surface area contributed by atoms with Crippen LogP contribution in [0.15, 0.2) is 0 Å². The quantitative estimate of drug-likeness (QED) is 0.872. The van der Waals surface area contributed by atoms with Gasteiger partial charge in [0.2, 0.25) is 0 Å². The second-order valence-corrected chi connectivity index (χ2v) is 6.17. The van der Waals surface area contributed by atoms with Gasteiger partial charge < -0.3 is 5.11 Å². The first kappa shape index (κ1) is 14.1. The Kier molecular flexibility index (Phi) is 4.23. The highest BCUT2D eigenvalue weighted by atomic mass is 16.3. The smallest absolute Gasteiger partial charge is 0.160 e. The Labute approximate surface area is 105 Å². The number of aromatic nitrogens is 2. The molecule has 17 heavy (non-hydrogen) atoms. The molecule has 3 nitrogen and oxygen atoms in total. The van der Waals surface area contributed by atoms with E-state index >= 15 is 0 Å². The van der Waals surface area contributed by atoms with Gasteiger partial charge in [0.25, 0.3) is 0 Å². The van der Waals surface area contributed by atoms with E-state index in [0.717, 1.165) is 30.7 Å². The van der Waals surface area contributed by atoms with Crippen molar-refractivity contribution < 1.29 is 5.11 Å². The third-order valence-electron chi connectivity index (χ3n) is 2.75. The van der Waals surface area contributed by atoms with Crippen molar-refractivity contribution >= 4 is 0 Å². The third kappa shape index (κ3) is 3.24. The SMILES string of the molecule is CCCc1nn(C(C)(C)C)c(CC(C)C)c1O. The maximum atomic E-state index is 10.3. The van der Waals surface area contributed by atoms with Crippen molar-refractivity contribution in [1.29, 1.82) is 0 Å². The van der Waals surface area contributed by atoms with E-state index in [0.29, 0.717) is 11.7 Å². The Balaban J connectivity index is 3.22. The molecule has 1 aromatic rings. The van der Waals surface area contributed by atoms with Crippen LogP contribution in [0.4, 0.5) is 0 Å². The summed E-state index contributed by atoms with van der Waals surface area (Å²) < 4.78 is 1.99. The number of nitrogens with zero attached hydrogens (tertiary/aromatic N) is 2. The van der Waals surface area contributed by atoms with Crippen molar-refractivity contribution in [1.82, 2.24) is 9.78 Å². The van der Waals surface area contributed by atoms with Crippen LogP contribution in [-0.2, 0) is 18.4 Å². The van der Waals surface area contributed by atoms with Gasteiger partial charge in [0.15, 0.2) is 5.75 Å². The highest BCUT2D eigenvalue weighted by Gasteiger charge is 2.24. The zero-order valence-corrected chi connectivity index (χ0v) is 12.0. The van der Waals surface area contributed by atoms with Crippen LogP contribution in [0.5, 0.6) is 5.75 Å². The molecule has 98 valence electrons. The zero-order valence-electron chi connectivity index (χ0n) is 12.0. The molecular weight excluding hydrogens is 212 g/mol. The average molecular weight is 238 g/mol. The van der Waals surface area contributed by atoms with Gasteiger partial charge in [-0.15, -0.1) is 0 Å². The van der Waals surface area contributed by atoms with Crippen LogP contribution in [-0.4, -0.2) is 14.9 Å². The van der Waals surface area contributed by atoms with E-state index in [9.17, 15) is 5.11 Å². The van der Waals surface area contributed by atoms with E-state index in [2.05, 4.69) is 46.6 Å². The van der Waals surface area contributed by atoms with Gasteiger partial charge in [-0.3, -0.25) is 4.68 Å². The van der Waals surface area contributed by atoms with Crippen LogP contribution >= 0.6 is 0 Å². The maximum absolute atomic E-state index is 10.3. The maximum Gasteiger partial charge on any atom is 0.160 e. The summed E-state index contributed by atoms with van der Waals surface area (Å²) in [5.74, 6) is 0.934. The molecule has 0 radical (unpaired) electrons. The molecule has 0 aliphatic rings. The molecule has 0 unspecified atom stereocenters. The Bertz CT molecular complexity index is 372. The standard InChI is InChI=1S/C14H26N2O/c1-7-8-11-13(17)12(9-10(2)3)16(15-11)14(4,5)6/h10,17H,7-9H2,1-6H3. The zero-order chi connectivity index (χ0) is 13.2. The van der Waals surface area contributed by atoms with Gasteiger partial charge in [-0.2, -0.15) is 5.10 Å². The van der Waals surface area contributed by atoms with E-state index in [1.165, 1.54) is 0 Å². The minimum absolute atomic E-state index is 0.0757. The van der Waals surface area contributed by atoms with Crippen LogP contribution in [0.1, 0.15) is 59.4 Å². The van der Waals surface area contributed by atoms with Crippen LogP contribution in [0.25, 0.3) is 0 Å². The Morgan fingerprint density at radius 1 is 1.29 bits per heavy atom. The van der Waals surface area contributed by atoms with Crippen molar-refractivity contribution in [3.05, 3.63) is 11.4 Å². The Hall–Kier alpha value is -0.990. The molecule has 0 amide bonds. The van der Waals surface area contributed by atoms with Crippen molar-refractivity contribution in [3.63, 3.8) is 0 Å². The molecule has 3 heteroatoms. The first-order chi connectivity index (χ1) is 7.77. The van der Waals surface area contributed by atoms with Crippen molar-refractivity contribution in [2.24, 2.45) is 5.92 Å². The molecule has 1 rings (SSSR count). The molecule has 0 spiro atoms. The summed E-state index contributed by atoms with van der Waals surface area (Å²) >= 11 is 0. The lowest BCUT2D eigenvalue weighted by Crippen LogP contribution is -2.26. The summed E-state index contributed by atoms with van der Waals surface area (Å²) in [6.07, 6.45) is 2.73. The minimum atomic E-state index is -0.0757. The molecule has 1 aromatic heterocycles. The monoisotopic (exact) mass is 238 g/mol. The number of rotatable bonds is 4. The van der Waals surface area contributed by atoms with Crippen LogP contribution in [0.3, 0.4) is 0 Å². The van der Waals surface area contributed by atoms with Gasteiger partial charge in [-0.25, -0.2) is 0 Å². The van der Waals surface area contributed by atoms with Crippen molar-refractivity contribution in [2.75, 3.05) is 0 Å². The topological polar surface area (TPSA) is 38.0 Å². The summed E-state index contributed by atoms with van der Waals surface area (Å²) in [6.45, 7) is 12.8. The number of hydrogen-bond donors (Lipinski definition) is 1. The fraction of sp³-hybridized carbons (Fsp3) is 0.786. The molecule has 0 aromatic carbocycles. The third-order valence-corrected chi connectivity index (χ3v) is 2.75.